The summed E-state index contributed by atoms with van der Waals surface area (Å²) in [7, 11) is 3.20. The molecule has 1 heterocycles. The molecule has 0 saturated carbocycles. The van der Waals surface area contributed by atoms with Crippen molar-refractivity contribution in [1.82, 2.24) is 5.32 Å². The highest BCUT2D eigenvalue weighted by atomic mass is 32.2. The van der Waals surface area contributed by atoms with Crippen molar-refractivity contribution in [2.75, 3.05) is 19.1 Å². The van der Waals surface area contributed by atoms with Crippen molar-refractivity contribution in [2.24, 2.45) is 0 Å². The fourth-order valence-corrected chi connectivity index (χ4v) is 4.44. The van der Waals surface area contributed by atoms with Crippen LogP contribution < -0.4 is 19.7 Å². The third kappa shape index (κ3) is 3.63. The van der Waals surface area contributed by atoms with Crippen LogP contribution in [0.4, 0.5) is 16.2 Å². The lowest BCUT2D eigenvalue weighted by Gasteiger charge is -2.32. The monoisotopic (exact) mass is 406 g/mol. The number of nitrogens with zero attached hydrogens (tertiary/aromatic N) is 1. The summed E-state index contributed by atoms with van der Waals surface area (Å²) >= 11 is 1.68. The highest BCUT2D eigenvalue weighted by molar-refractivity contribution is 7.99. The molecule has 1 aliphatic heterocycles. The van der Waals surface area contributed by atoms with Crippen LogP contribution in [0, 0.1) is 0 Å². The van der Waals surface area contributed by atoms with Gasteiger partial charge in [-0.25, -0.2) is 4.79 Å². The predicted octanol–water partition coefficient (Wildman–Crippen LogP) is 5.78. The number of rotatable bonds is 4. The first-order valence-electron chi connectivity index (χ1n) is 9.31. The van der Waals surface area contributed by atoms with E-state index < -0.39 is 0 Å². The van der Waals surface area contributed by atoms with Gasteiger partial charge in [0.2, 0.25) is 0 Å². The molecule has 0 bridgehead atoms. The van der Waals surface area contributed by atoms with Crippen molar-refractivity contribution < 1.29 is 14.3 Å². The number of hydrogen-bond acceptors (Lipinski definition) is 4. The minimum atomic E-state index is -0.212. The van der Waals surface area contributed by atoms with Gasteiger partial charge in [-0.1, -0.05) is 42.1 Å². The highest BCUT2D eigenvalue weighted by Crippen LogP contribution is 2.47. The smallest absolute Gasteiger partial charge is 0.327 e. The minimum Gasteiger partial charge on any atom is -0.493 e. The van der Waals surface area contributed by atoms with Crippen molar-refractivity contribution in [3.05, 3.63) is 72.3 Å². The molecule has 0 spiro atoms. The van der Waals surface area contributed by atoms with Gasteiger partial charge in [0.1, 0.15) is 0 Å². The zero-order valence-electron chi connectivity index (χ0n) is 16.5. The maximum Gasteiger partial charge on any atom is 0.327 e. The van der Waals surface area contributed by atoms with Crippen LogP contribution >= 0.6 is 11.8 Å². The highest BCUT2D eigenvalue weighted by Gasteiger charge is 2.28. The van der Waals surface area contributed by atoms with Gasteiger partial charge < -0.3 is 14.8 Å². The number of anilines is 2. The zero-order chi connectivity index (χ0) is 20.4. The standard InChI is InChI=1S/C23H22N2O3S/c1-15(16-12-13-19(27-2)20(14-16)28-3)24-23(26)25-17-8-4-6-10-21(17)29-22-11-7-5-9-18(22)25/h4-15H,1-3H3,(H,24,26)/t15-/m1/s1. The summed E-state index contributed by atoms with van der Waals surface area (Å²) in [6, 6.07) is 21.2. The Morgan fingerprint density at radius 1 is 0.897 bits per heavy atom. The molecule has 29 heavy (non-hydrogen) atoms. The van der Waals surface area contributed by atoms with Crippen LogP contribution in [0.5, 0.6) is 11.5 Å². The molecular weight excluding hydrogens is 384 g/mol. The predicted molar refractivity (Wildman–Crippen MR) is 116 cm³/mol. The fourth-order valence-electron chi connectivity index (χ4n) is 3.38. The average Bonchev–Trinajstić information content (AvgIpc) is 2.76. The number of fused-ring (bicyclic) bond motifs is 2. The Morgan fingerprint density at radius 3 is 2.07 bits per heavy atom. The van der Waals surface area contributed by atoms with E-state index in [0.717, 1.165) is 26.7 Å². The number of ether oxygens (including phenoxy) is 2. The lowest BCUT2D eigenvalue weighted by atomic mass is 10.1. The normalized spacial score (nSPS) is 13.1. The Bertz CT molecular complexity index is 1010. The maximum atomic E-state index is 13.3. The Morgan fingerprint density at radius 2 is 1.48 bits per heavy atom. The number of carbonyl (C=O) groups excluding carboxylic acids is 1. The third-order valence-electron chi connectivity index (χ3n) is 4.88. The van der Waals surface area contributed by atoms with Crippen molar-refractivity contribution in [1.29, 1.82) is 0 Å². The van der Waals surface area contributed by atoms with E-state index in [-0.39, 0.29) is 12.1 Å². The van der Waals surface area contributed by atoms with E-state index in [0.29, 0.717) is 11.5 Å². The third-order valence-corrected chi connectivity index (χ3v) is 6.01. The topological polar surface area (TPSA) is 50.8 Å². The van der Waals surface area contributed by atoms with E-state index in [9.17, 15) is 4.79 Å². The molecule has 0 aromatic heterocycles. The summed E-state index contributed by atoms with van der Waals surface area (Å²) in [6.07, 6.45) is 0. The number of hydrogen-bond donors (Lipinski definition) is 1. The molecule has 2 amide bonds. The van der Waals surface area contributed by atoms with Crippen LogP contribution in [0.3, 0.4) is 0 Å². The molecule has 0 aliphatic carbocycles. The lowest BCUT2D eigenvalue weighted by molar-refractivity contribution is 0.245. The molecule has 1 atom stereocenters. The van der Waals surface area contributed by atoms with Crippen molar-refractivity contribution in [2.45, 2.75) is 22.8 Å². The van der Waals surface area contributed by atoms with E-state index in [2.05, 4.69) is 5.32 Å². The first-order chi connectivity index (χ1) is 14.1. The second-order valence-electron chi connectivity index (χ2n) is 6.66. The summed E-state index contributed by atoms with van der Waals surface area (Å²) in [6.45, 7) is 1.95. The van der Waals surface area contributed by atoms with Gasteiger partial charge >= 0.3 is 6.03 Å². The second-order valence-corrected chi connectivity index (χ2v) is 7.74. The molecule has 0 unspecified atom stereocenters. The first kappa shape index (κ1) is 19.2. The summed E-state index contributed by atoms with van der Waals surface area (Å²) < 4.78 is 10.7. The van der Waals surface area contributed by atoms with E-state index >= 15 is 0 Å². The van der Waals surface area contributed by atoms with Crippen LogP contribution in [0.25, 0.3) is 0 Å². The van der Waals surface area contributed by atoms with Gasteiger partial charge in [0.25, 0.3) is 0 Å². The average molecular weight is 407 g/mol. The van der Waals surface area contributed by atoms with Crippen molar-refractivity contribution in [3.8, 4) is 11.5 Å². The van der Waals surface area contributed by atoms with E-state index in [1.165, 1.54) is 0 Å². The van der Waals surface area contributed by atoms with Crippen LogP contribution in [-0.4, -0.2) is 20.3 Å². The lowest BCUT2D eigenvalue weighted by Crippen LogP contribution is -2.39. The molecule has 0 saturated heterocycles. The van der Waals surface area contributed by atoms with Crippen LogP contribution in [0.1, 0.15) is 18.5 Å². The van der Waals surface area contributed by atoms with Crippen molar-refractivity contribution in [3.63, 3.8) is 0 Å². The SMILES string of the molecule is COc1ccc([C@@H](C)NC(=O)N2c3ccccc3Sc3ccccc32)cc1OC. The minimum absolute atomic E-state index is 0.174. The van der Waals surface area contributed by atoms with Crippen molar-refractivity contribution >= 4 is 29.2 Å². The molecule has 3 aromatic rings. The number of para-hydroxylation sites is 2. The van der Waals surface area contributed by atoms with Crippen LogP contribution in [0.2, 0.25) is 0 Å². The van der Waals surface area contributed by atoms with Crippen LogP contribution in [-0.2, 0) is 0 Å². The van der Waals surface area contributed by atoms with Gasteiger partial charge in [-0.05, 0) is 48.9 Å². The molecule has 3 aromatic carbocycles. The number of benzene rings is 3. The molecule has 6 heteroatoms. The molecule has 4 rings (SSSR count). The van der Waals surface area contributed by atoms with E-state index in [4.69, 9.17) is 9.47 Å². The molecule has 0 fully saturated rings. The number of methoxy groups -OCH3 is 2. The molecule has 1 N–H and O–H groups in total. The maximum absolute atomic E-state index is 13.3. The van der Waals surface area contributed by atoms with E-state index in [1.54, 1.807) is 30.9 Å². The Balaban J connectivity index is 1.64. The molecule has 1 aliphatic rings. The fraction of sp³-hybridized carbons (Fsp3) is 0.174. The van der Waals surface area contributed by atoms with Gasteiger partial charge in [0.05, 0.1) is 31.6 Å². The Kier molecular flexibility index (Phi) is 5.36. The van der Waals surface area contributed by atoms with Gasteiger partial charge in [-0.15, -0.1) is 0 Å². The summed E-state index contributed by atoms with van der Waals surface area (Å²) in [5.74, 6) is 1.29. The van der Waals surface area contributed by atoms with Gasteiger partial charge in [-0.3, -0.25) is 4.90 Å². The molecular formula is C23H22N2O3S. The zero-order valence-corrected chi connectivity index (χ0v) is 17.3. The van der Waals surface area contributed by atoms with Gasteiger partial charge in [-0.2, -0.15) is 0 Å². The second kappa shape index (κ2) is 8.09. The molecule has 148 valence electrons. The summed E-state index contributed by atoms with van der Waals surface area (Å²) in [4.78, 5) is 17.2. The van der Waals surface area contributed by atoms with Gasteiger partial charge in [0.15, 0.2) is 11.5 Å². The summed E-state index contributed by atoms with van der Waals surface area (Å²) in [5.41, 5.74) is 2.70. The summed E-state index contributed by atoms with van der Waals surface area (Å²) in [5, 5.41) is 3.12. The Labute approximate surface area is 174 Å². The Hall–Kier alpha value is -3.12. The largest absolute Gasteiger partial charge is 0.493 e. The molecule has 0 radical (unpaired) electrons. The van der Waals surface area contributed by atoms with E-state index in [1.807, 2.05) is 73.7 Å². The van der Waals surface area contributed by atoms with Gasteiger partial charge in [0, 0.05) is 9.79 Å². The number of amides is 2. The number of nitrogens with one attached hydrogen (secondary N) is 1. The number of urea groups is 1. The first-order valence-corrected chi connectivity index (χ1v) is 10.1. The van der Waals surface area contributed by atoms with Crippen LogP contribution in [0.15, 0.2) is 76.5 Å². The quantitative estimate of drug-likeness (QED) is 0.597. The molecule has 5 nitrogen and oxygen atoms in total. The number of carbonyl (C=O) groups is 1.